The first kappa shape index (κ1) is 16.6. The highest BCUT2D eigenvalue weighted by Gasteiger charge is 2.13. The highest BCUT2D eigenvalue weighted by molar-refractivity contribution is 6.37. The summed E-state index contributed by atoms with van der Waals surface area (Å²) in [5.74, 6) is 2.09. The van der Waals surface area contributed by atoms with E-state index in [0.29, 0.717) is 39.0 Å². The second-order valence-electron chi connectivity index (χ2n) is 5.59. The quantitative estimate of drug-likeness (QED) is 0.549. The number of nitrogens with two attached hydrogens (primary N) is 1. The molecule has 0 radical (unpaired) electrons. The first-order valence-corrected chi connectivity index (χ1v) is 8.44. The molecular formula is C17H13Cl2N7. The van der Waals surface area contributed by atoms with Crippen LogP contribution in [0.15, 0.2) is 42.7 Å². The van der Waals surface area contributed by atoms with E-state index in [4.69, 9.17) is 28.9 Å². The highest BCUT2D eigenvalue weighted by atomic mass is 35.5. The van der Waals surface area contributed by atoms with Crippen molar-refractivity contribution in [1.82, 2.24) is 24.7 Å². The number of anilines is 3. The molecule has 3 heterocycles. The molecule has 4 aromatic rings. The number of nitrogen functional groups attached to an aromatic ring is 1. The topological polar surface area (TPSA) is 94.5 Å². The first-order chi connectivity index (χ1) is 12.5. The van der Waals surface area contributed by atoms with Gasteiger partial charge in [0.05, 0.1) is 20.9 Å². The van der Waals surface area contributed by atoms with Gasteiger partial charge in [0.1, 0.15) is 29.0 Å². The molecule has 0 saturated carbocycles. The maximum atomic E-state index is 6.29. The lowest BCUT2D eigenvalue weighted by atomic mass is 10.3. The molecule has 0 aliphatic rings. The van der Waals surface area contributed by atoms with E-state index in [1.54, 1.807) is 48.1 Å². The van der Waals surface area contributed by atoms with Crippen molar-refractivity contribution in [2.75, 3.05) is 11.1 Å². The molecule has 0 spiro atoms. The predicted molar refractivity (Wildman–Crippen MR) is 103 cm³/mol. The molecule has 0 bridgehead atoms. The van der Waals surface area contributed by atoms with Crippen molar-refractivity contribution < 1.29 is 0 Å². The Balaban J connectivity index is 1.81. The summed E-state index contributed by atoms with van der Waals surface area (Å²) < 4.78 is 1.64. The van der Waals surface area contributed by atoms with Gasteiger partial charge in [-0.05, 0) is 25.1 Å². The molecule has 130 valence electrons. The lowest BCUT2D eigenvalue weighted by Crippen LogP contribution is -2.01. The van der Waals surface area contributed by atoms with Crippen molar-refractivity contribution in [3.63, 3.8) is 0 Å². The van der Waals surface area contributed by atoms with Gasteiger partial charge in [-0.15, -0.1) is 0 Å². The number of halogens is 2. The predicted octanol–water partition coefficient (Wildman–Crippen LogP) is 4.15. The van der Waals surface area contributed by atoms with Crippen LogP contribution in [0.25, 0.3) is 16.6 Å². The fourth-order valence-corrected chi connectivity index (χ4v) is 3.21. The summed E-state index contributed by atoms with van der Waals surface area (Å²) in [4.78, 5) is 12.8. The average molecular weight is 386 g/mol. The summed E-state index contributed by atoms with van der Waals surface area (Å²) in [6, 6.07) is 8.76. The van der Waals surface area contributed by atoms with Crippen LogP contribution in [0.1, 0.15) is 5.82 Å². The molecule has 0 saturated heterocycles. The molecule has 7 nitrogen and oxygen atoms in total. The molecule has 0 amide bonds. The third-order valence-electron chi connectivity index (χ3n) is 3.70. The molecule has 1 aromatic carbocycles. The van der Waals surface area contributed by atoms with Crippen molar-refractivity contribution in [3.05, 3.63) is 58.6 Å². The number of fused-ring (bicyclic) bond motifs is 1. The van der Waals surface area contributed by atoms with Gasteiger partial charge in [-0.3, -0.25) is 0 Å². The van der Waals surface area contributed by atoms with Gasteiger partial charge in [-0.1, -0.05) is 29.3 Å². The Hall–Kier alpha value is -2.90. The minimum Gasteiger partial charge on any atom is -0.384 e. The number of hydrogen-bond acceptors (Lipinski definition) is 6. The number of para-hydroxylation sites is 1. The Morgan fingerprint density at radius 3 is 2.62 bits per heavy atom. The normalized spacial score (nSPS) is 11.0. The number of rotatable bonds is 3. The van der Waals surface area contributed by atoms with Crippen molar-refractivity contribution in [1.29, 1.82) is 0 Å². The Morgan fingerprint density at radius 2 is 1.88 bits per heavy atom. The van der Waals surface area contributed by atoms with Crippen LogP contribution in [0.2, 0.25) is 10.0 Å². The Labute approximate surface area is 158 Å². The molecule has 0 aliphatic carbocycles. The van der Waals surface area contributed by atoms with Crippen LogP contribution < -0.4 is 11.1 Å². The number of aromatic nitrogens is 5. The second-order valence-corrected chi connectivity index (χ2v) is 6.40. The van der Waals surface area contributed by atoms with E-state index in [0.717, 1.165) is 10.9 Å². The molecule has 26 heavy (non-hydrogen) atoms. The van der Waals surface area contributed by atoms with Gasteiger partial charge in [0.15, 0.2) is 0 Å². The van der Waals surface area contributed by atoms with Crippen LogP contribution in [-0.4, -0.2) is 24.7 Å². The lowest BCUT2D eigenvalue weighted by molar-refractivity contribution is 0.897. The molecule has 0 fully saturated rings. The van der Waals surface area contributed by atoms with Gasteiger partial charge in [0.2, 0.25) is 0 Å². The van der Waals surface area contributed by atoms with Crippen molar-refractivity contribution in [2.24, 2.45) is 0 Å². The fourth-order valence-electron chi connectivity index (χ4n) is 2.64. The molecule has 3 N–H and O–H groups in total. The van der Waals surface area contributed by atoms with E-state index >= 15 is 0 Å². The van der Waals surface area contributed by atoms with Crippen LogP contribution >= 0.6 is 23.2 Å². The van der Waals surface area contributed by atoms with Crippen molar-refractivity contribution >= 4 is 51.6 Å². The Bertz CT molecular complexity index is 1080. The van der Waals surface area contributed by atoms with Gasteiger partial charge in [-0.2, -0.15) is 5.10 Å². The van der Waals surface area contributed by atoms with Crippen molar-refractivity contribution in [3.8, 4) is 5.69 Å². The highest BCUT2D eigenvalue weighted by Crippen LogP contribution is 2.31. The zero-order valence-corrected chi connectivity index (χ0v) is 15.1. The minimum atomic E-state index is 0.380. The summed E-state index contributed by atoms with van der Waals surface area (Å²) >= 11 is 12.6. The van der Waals surface area contributed by atoms with E-state index in [-0.39, 0.29) is 0 Å². The molecule has 4 rings (SSSR count). The Morgan fingerprint density at radius 1 is 1.12 bits per heavy atom. The van der Waals surface area contributed by atoms with Crippen LogP contribution in [0.3, 0.4) is 0 Å². The average Bonchev–Trinajstić information content (AvgIpc) is 2.98. The zero-order chi connectivity index (χ0) is 18.3. The minimum absolute atomic E-state index is 0.380. The van der Waals surface area contributed by atoms with Gasteiger partial charge in [-0.25, -0.2) is 19.6 Å². The number of aryl methyl sites for hydroxylation is 1. The SMILES string of the molecule is Cc1nc(N)cc(Nc2nccc3nn(-c4c(Cl)cccc4Cl)cc23)n1. The summed E-state index contributed by atoms with van der Waals surface area (Å²) in [6.07, 6.45) is 3.47. The molecule has 9 heteroatoms. The van der Waals surface area contributed by atoms with E-state index in [1.807, 2.05) is 6.20 Å². The number of pyridine rings is 1. The summed E-state index contributed by atoms with van der Waals surface area (Å²) in [5.41, 5.74) is 7.13. The largest absolute Gasteiger partial charge is 0.384 e. The van der Waals surface area contributed by atoms with Crippen LogP contribution in [-0.2, 0) is 0 Å². The molecule has 0 atom stereocenters. The molecule has 0 aliphatic heterocycles. The van der Waals surface area contributed by atoms with E-state index < -0.39 is 0 Å². The molecule has 0 unspecified atom stereocenters. The standard InChI is InChI=1S/C17H13Cl2N7/c1-9-22-14(20)7-15(23-9)24-17-10-8-26(25-13(10)5-6-21-17)16-11(18)3-2-4-12(16)19/h2-8H,1H3,(H3,20,21,22,23,24). The lowest BCUT2D eigenvalue weighted by Gasteiger charge is -2.07. The maximum absolute atomic E-state index is 6.29. The van der Waals surface area contributed by atoms with Crippen LogP contribution in [0, 0.1) is 6.92 Å². The number of nitrogens with one attached hydrogen (secondary N) is 1. The van der Waals surface area contributed by atoms with Gasteiger partial charge >= 0.3 is 0 Å². The third kappa shape index (κ3) is 3.02. The van der Waals surface area contributed by atoms with Gasteiger partial charge in [0.25, 0.3) is 0 Å². The summed E-state index contributed by atoms with van der Waals surface area (Å²) in [6.45, 7) is 1.77. The zero-order valence-electron chi connectivity index (χ0n) is 13.6. The van der Waals surface area contributed by atoms with Crippen LogP contribution in [0.5, 0.6) is 0 Å². The van der Waals surface area contributed by atoms with Gasteiger partial charge in [0, 0.05) is 18.5 Å². The first-order valence-electron chi connectivity index (χ1n) is 7.68. The van der Waals surface area contributed by atoms with Gasteiger partial charge < -0.3 is 11.1 Å². The molecular weight excluding hydrogens is 373 g/mol. The number of nitrogens with zero attached hydrogens (tertiary/aromatic N) is 5. The van der Waals surface area contributed by atoms with E-state index in [1.165, 1.54) is 0 Å². The van der Waals surface area contributed by atoms with E-state index in [2.05, 4.69) is 25.4 Å². The van der Waals surface area contributed by atoms with Crippen molar-refractivity contribution in [2.45, 2.75) is 6.92 Å². The smallest absolute Gasteiger partial charge is 0.142 e. The third-order valence-corrected chi connectivity index (χ3v) is 4.31. The maximum Gasteiger partial charge on any atom is 0.142 e. The summed E-state index contributed by atoms with van der Waals surface area (Å²) in [7, 11) is 0. The summed E-state index contributed by atoms with van der Waals surface area (Å²) in [5, 5.41) is 9.52. The second kappa shape index (κ2) is 6.44. The fraction of sp³-hybridized carbons (Fsp3) is 0.0588. The number of benzene rings is 1. The van der Waals surface area contributed by atoms with E-state index in [9.17, 15) is 0 Å². The number of hydrogen-bond donors (Lipinski definition) is 2. The van der Waals surface area contributed by atoms with Crippen LogP contribution in [0.4, 0.5) is 17.5 Å². The molecule has 3 aromatic heterocycles. The Kier molecular flexibility index (Phi) is 4.10. The monoisotopic (exact) mass is 385 g/mol.